The quantitative estimate of drug-likeness (QED) is 0.531. The van der Waals surface area contributed by atoms with Gasteiger partial charge in [0, 0.05) is 0 Å². The monoisotopic (exact) mass is 311 g/mol. The van der Waals surface area contributed by atoms with Gasteiger partial charge in [-0.3, -0.25) is 0 Å². The van der Waals surface area contributed by atoms with E-state index in [2.05, 4.69) is 69.6 Å². The maximum Gasteiger partial charge on any atom is 2.00 e. The van der Waals surface area contributed by atoms with E-state index < -0.39 is 0 Å². The van der Waals surface area contributed by atoms with Crippen molar-refractivity contribution in [3.8, 4) is 0 Å². The summed E-state index contributed by atoms with van der Waals surface area (Å²) in [6.07, 6.45) is 6.31. The summed E-state index contributed by atoms with van der Waals surface area (Å²) in [5.41, 5.74) is 1.35. The zero-order valence-corrected chi connectivity index (χ0v) is 16.2. The molecule has 1 atom stereocenters. The Hall–Kier alpha value is -0.327. The Morgan fingerprint density at radius 1 is 1.16 bits per heavy atom. The molecule has 0 heterocycles. The normalized spacial score (nSPS) is 11.1. The topological polar surface area (TPSA) is 3.24 Å². The molecule has 2 heteroatoms. The summed E-state index contributed by atoms with van der Waals surface area (Å²) in [4.78, 5) is 2.28. The van der Waals surface area contributed by atoms with Crippen LogP contribution >= 0.6 is 0 Å². The van der Waals surface area contributed by atoms with Crippen LogP contribution in [-0.2, 0) is 19.5 Å². The van der Waals surface area contributed by atoms with Crippen molar-refractivity contribution in [3.63, 3.8) is 0 Å². The molecule has 0 amide bonds. The van der Waals surface area contributed by atoms with Crippen molar-refractivity contribution in [2.24, 2.45) is 5.92 Å². The SMILES string of the molecule is CCCC[C@H]([CH-]c1ccccc1)CN(C)C.[CH2-]C.[Zn+2]. The van der Waals surface area contributed by atoms with Crippen molar-refractivity contribution in [2.75, 3.05) is 20.6 Å². The third-order valence-corrected chi connectivity index (χ3v) is 2.76. The van der Waals surface area contributed by atoms with E-state index in [1.54, 1.807) is 6.92 Å². The first-order valence-electron chi connectivity index (χ1n) is 6.97. The van der Waals surface area contributed by atoms with Gasteiger partial charge in [0.25, 0.3) is 0 Å². The molecule has 1 nitrogen and oxygen atoms in total. The number of unbranched alkanes of at least 4 members (excludes halogenated alkanes) is 1. The number of hydrogen-bond acceptors (Lipinski definition) is 1. The molecule has 0 fully saturated rings. The third-order valence-electron chi connectivity index (χ3n) is 2.76. The van der Waals surface area contributed by atoms with Gasteiger partial charge in [0.05, 0.1) is 0 Å². The molecule has 1 aromatic carbocycles. The zero-order chi connectivity index (χ0) is 13.8. The summed E-state index contributed by atoms with van der Waals surface area (Å²) >= 11 is 0. The average Bonchev–Trinajstić information content (AvgIpc) is 2.39. The van der Waals surface area contributed by atoms with Crippen LogP contribution < -0.4 is 0 Å². The fourth-order valence-electron chi connectivity index (χ4n) is 2.00. The second-order valence-electron chi connectivity index (χ2n) is 4.74. The molecule has 1 aromatic rings. The minimum absolute atomic E-state index is 0. The summed E-state index contributed by atoms with van der Waals surface area (Å²) in [6, 6.07) is 10.7. The van der Waals surface area contributed by atoms with Crippen LogP contribution in [0, 0.1) is 19.3 Å². The zero-order valence-electron chi connectivity index (χ0n) is 13.2. The molecule has 0 aliphatic heterocycles. The Labute approximate surface area is 133 Å². The van der Waals surface area contributed by atoms with Gasteiger partial charge in [-0.05, 0) is 20.6 Å². The summed E-state index contributed by atoms with van der Waals surface area (Å²) in [6.45, 7) is 8.41. The fraction of sp³-hybridized carbons (Fsp3) is 0.529. The van der Waals surface area contributed by atoms with Crippen LogP contribution in [0.4, 0.5) is 0 Å². The van der Waals surface area contributed by atoms with E-state index in [-0.39, 0.29) is 19.5 Å². The van der Waals surface area contributed by atoms with Crippen LogP contribution in [0.1, 0.15) is 38.7 Å². The average molecular weight is 313 g/mol. The van der Waals surface area contributed by atoms with Crippen LogP contribution in [0.2, 0.25) is 0 Å². The Balaban J connectivity index is 0. The van der Waals surface area contributed by atoms with Gasteiger partial charge < -0.3 is 11.8 Å². The molecule has 0 aliphatic rings. The first-order chi connectivity index (χ1) is 8.72. The van der Waals surface area contributed by atoms with Crippen LogP contribution in [0.25, 0.3) is 0 Å². The van der Waals surface area contributed by atoms with Gasteiger partial charge in [-0.1, -0.05) is 38.2 Å². The third kappa shape index (κ3) is 11.2. The smallest absolute Gasteiger partial charge is 0.346 e. The minimum Gasteiger partial charge on any atom is -0.346 e. The molecule has 1 rings (SSSR count). The summed E-state index contributed by atoms with van der Waals surface area (Å²) in [5, 5.41) is 0. The van der Waals surface area contributed by atoms with E-state index in [9.17, 15) is 0 Å². The first kappa shape index (κ1) is 21.0. The van der Waals surface area contributed by atoms with E-state index >= 15 is 0 Å². The predicted octanol–water partition coefficient (Wildman–Crippen LogP) is 4.44. The molecule has 0 N–H and O–H groups in total. The van der Waals surface area contributed by atoms with Crippen molar-refractivity contribution >= 4 is 0 Å². The number of nitrogens with zero attached hydrogens (tertiary/aromatic N) is 1. The second kappa shape index (κ2) is 14.1. The number of hydrogen-bond donors (Lipinski definition) is 0. The molecule has 19 heavy (non-hydrogen) atoms. The van der Waals surface area contributed by atoms with Crippen LogP contribution in [0.5, 0.6) is 0 Å². The number of benzene rings is 1. The van der Waals surface area contributed by atoms with Gasteiger partial charge in [-0.2, -0.15) is 31.0 Å². The standard InChI is InChI=1S/C15H24N.C2H5.Zn/c1-4-5-9-15(13-16(2)3)12-14-10-7-6-8-11-14;1-2;/h6-8,10-12,15H,4-5,9,13H2,1-3H3;1H2,2H3;/q2*-1;+2/t15-;;/m1../s1. The molecule has 0 radical (unpaired) electrons. The second-order valence-corrected chi connectivity index (χ2v) is 4.74. The van der Waals surface area contributed by atoms with Crippen molar-refractivity contribution in [2.45, 2.75) is 33.1 Å². The Kier molecular flexibility index (Phi) is 15.6. The Bertz CT molecular complexity index is 272. The van der Waals surface area contributed by atoms with Crippen LogP contribution in [0.15, 0.2) is 30.3 Å². The van der Waals surface area contributed by atoms with Gasteiger partial charge in [-0.15, -0.1) is 12.1 Å². The van der Waals surface area contributed by atoms with E-state index in [4.69, 9.17) is 0 Å². The Morgan fingerprint density at radius 3 is 2.21 bits per heavy atom. The minimum atomic E-state index is 0. The maximum absolute atomic E-state index is 3.25. The molecular formula is C17H29NZn. The molecule has 0 aliphatic carbocycles. The summed E-state index contributed by atoms with van der Waals surface area (Å²) in [5.74, 6) is 0.678. The van der Waals surface area contributed by atoms with Gasteiger partial charge >= 0.3 is 19.5 Å². The molecule has 104 valence electrons. The summed E-state index contributed by atoms with van der Waals surface area (Å²) < 4.78 is 0. The maximum atomic E-state index is 3.25. The Morgan fingerprint density at radius 2 is 1.74 bits per heavy atom. The van der Waals surface area contributed by atoms with E-state index in [0.29, 0.717) is 5.92 Å². The van der Waals surface area contributed by atoms with Crippen LogP contribution in [-0.4, -0.2) is 25.5 Å². The van der Waals surface area contributed by atoms with E-state index in [1.165, 1.54) is 24.8 Å². The first-order valence-corrected chi connectivity index (χ1v) is 6.97. The molecule has 0 saturated carbocycles. The molecule has 0 bridgehead atoms. The molecule has 0 aromatic heterocycles. The molecule has 0 saturated heterocycles. The summed E-state index contributed by atoms with van der Waals surface area (Å²) in [7, 11) is 4.30. The van der Waals surface area contributed by atoms with Gasteiger partial charge in [0.2, 0.25) is 0 Å². The largest absolute Gasteiger partial charge is 2.00 e. The van der Waals surface area contributed by atoms with Gasteiger partial charge in [-0.25, -0.2) is 0 Å². The molecule has 0 unspecified atom stereocenters. The van der Waals surface area contributed by atoms with Crippen molar-refractivity contribution in [1.29, 1.82) is 0 Å². The fourth-order valence-corrected chi connectivity index (χ4v) is 2.00. The van der Waals surface area contributed by atoms with Crippen molar-refractivity contribution in [3.05, 3.63) is 49.2 Å². The van der Waals surface area contributed by atoms with Crippen LogP contribution in [0.3, 0.4) is 0 Å². The van der Waals surface area contributed by atoms with Crippen molar-refractivity contribution < 1.29 is 19.5 Å². The predicted molar refractivity (Wildman–Crippen MR) is 82.4 cm³/mol. The van der Waals surface area contributed by atoms with E-state index in [1.807, 2.05) is 0 Å². The van der Waals surface area contributed by atoms with Gasteiger partial charge in [0.15, 0.2) is 0 Å². The molecular weight excluding hydrogens is 284 g/mol. The van der Waals surface area contributed by atoms with Crippen molar-refractivity contribution in [1.82, 2.24) is 4.90 Å². The van der Waals surface area contributed by atoms with Gasteiger partial charge in [0.1, 0.15) is 0 Å². The van der Waals surface area contributed by atoms with E-state index in [0.717, 1.165) is 6.54 Å². The molecule has 0 spiro atoms. The number of rotatable bonds is 7.